The molecule has 0 bridgehead atoms. The molecule has 0 aromatic heterocycles. The highest BCUT2D eigenvalue weighted by Gasteiger charge is 2.36. The number of rotatable bonds is 5. The maximum absolute atomic E-state index is 12.4. The highest BCUT2D eigenvalue weighted by atomic mass is 32.2. The Labute approximate surface area is 125 Å². The molecule has 1 aromatic rings. The van der Waals surface area contributed by atoms with Crippen molar-refractivity contribution >= 4 is 16.2 Å². The summed E-state index contributed by atoms with van der Waals surface area (Å²) in [7, 11) is -3.68. The number of nitrogens with zero attached hydrogens (tertiary/aromatic N) is 1. The van der Waals surface area contributed by atoms with Crippen LogP contribution in [-0.2, 0) is 21.5 Å². The van der Waals surface area contributed by atoms with Gasteiger partial charge in [-0.2, -0.15) is 17.4 Å². The van der Waals surface area contributed by atoms with Gasteiger partial charge in [0.1, 0.15) is 0 Å². The fourth-order valence-electron chi connectivity index (χ4n) is 2.46. The first-order valence-electron chi connectivity index (χ1n) is 6.93. The summed E-state index contributed by atoms with van der Waals surface area (Å²) in [5.41, 5.74) is 0.862. The fraction of sp³-hybridized carbons (Fsp3) is 0.500. The molecule has 1 aliphatic heterocycles. The quantitative estimate of drug-likeness (QED) is 0.855. The van der Waals surface area contributed by atoms with Crippen molar-refractivity contribution in [3.05, 3.63) is 35.9 Å². The van der Waals surface area contributed by atoms with E-state index in [1.54, 1.807) is 6.92 Å². The molecular weight excluding hydrogens is 292 g/mol. The minimum absolute atomic E-state index is 0.0284. The standard InChI is InChI=1S/C14H20N2O4S/c1-11-7-8-13(14(17)18)10-16(11)21(19,20)15-9-12-5-3-2-4-6-12/h2-6,11,13,15H,7-10H2,1H3,(H,17,18). The van der Waals surface area contributed by atoms with Gasteiger partial charge in [0.25, 0.3) is 10.2 Å². The van der Waals surface area contributed by atoms with Gasteiger partial charge in [-0.25, -0.2) is 0 Å². The van der Waals surface area contributed by atoms with E-state index in [-0.39, 0.29) is 19.1 Å². The van der Waals surface area contributed by atoms with Gasteiger partial charge in [-0.15, -0.1) is 0 Å². The van der Waals surface area contributed by atoms with Crippen molar-refractivity contribution in [1.82, 2.24) is 9.03 Å². The molecule has 1 fully saturated rings. The highest BCUT2D eigenvalue weighted by Crippen LogP contribution is 2.24. The number of carbonyl (C=O) groups is 1. The van der Waals surface area contributed by atoms with Gasteiger partial charge in [0.15, 0.2) is 0 Å². The van der Waals surface area contributed by atoms with Gasteiger partial charge in [0, 0.05) is 19.1 Å². The third-order valence-corrected chi connectivity index (χ3v) is 5.42. The van der Waals surface area contributed by atoms with Crippen molar-refractivity contribution in [2.45, 2.75) is 32.4 Å². The monoisotopic (exact) mass is 312 g/mol. The summed E-state index contributed by atoms with van der Waals surface area (Å²) in [6.07, 6.45) is 1.07. The number of carboxylic acids is 1. The minimum Gasteiger partial charge on any atom is -0.481 e. The lowest BCUT2D eigenvalue weighted by Gasteiger charge is -2.35. The largest absolute Gasteiger partial charge is 0.481 e. The number of hydrogen-bond acceptors (Lipinski definition) is 3. The number of nitrogens with one attached hydrogen (secondary N) is 1. The minimum atomic E-state index is -3.68. The first-order valence-corrected chi connectivity index (χ1v) is 8.37. The Balaban J connectivity index is 2.05. The Morgan fingerprint density at radius 2 is 2.00 bits per heavy atom. The average molecular weight is 312 g/mol. The van der Waals surface area contributed by atoms with Crippen LogP contribution in [0.15, 0.2) is 30.3 Å². The molecule has 2 unspecified atom stereocenters. The molecule has 0 aliphatic carbocycles. The van der Waals surface area contributed by atoms with E-state index in [1.807, 2.05) is 30.3 Å². The molecule has 0 radical (unpaired) electrons. The van der Waals surface area contributed by atoms with Crippen LogP contribution < -0.4 is 4.72 Å². The average Bonchev–Trinajstić information content (AvgIpc) is 2.46. The lowest BCUT2D eigenvalue weighted by atomic mass is 9.96. The molecule has 7 heteroatoms. The van der Waals surface area contributed by atoms with Gasteiger partial charge in [-0.05, 0) is 25.3 Å². The van der Waals surface area contributed by atoms with E-state index in [0.717, 1.165) is 5.56 Å². The van der Waals surface area contributed by atoms with Crippen LogP contribution in [0.3, 0.4) is 0 Å². The zero-order valence-corrected chi connectivity index (χ0v) is 12.7. The van der Waals surface area contributed by atoms with E-state index < -0.39 is 22.1 Å². The van der Waals surface area contributed by atoms with Crippen molar-refractivity contribution in [3.8, 4) is 0 Å². The molecule has 0 saturated carbocycles. The summed E-state index contributed by atoms with van der Waals surface area (Å²) >= 11 is 0. The van der Waals surface area contributed by atoms with Gasteiger partial charge in [-0.1, -0.05) is 30.3 Å². The molecule has 0 spiro atoms. The van der Waals surface area contributed by atoms with Crippen LogP contribution in [0.5, 0.6) is 0 Å². The SMILES string of the molecule is CC1CCC(C(=O)O)CN1S(=O)(=O)NCc1ccccc1. The Morgan fingerprint density at radius 3 is 2.62 bits per heavy atom. The van der Waals surface area contributed by atoms with Crippen LogP contribution in [0, 0.1) is 5.92 Å². The molecule has 116 valence electrons. The van der Waals surface area contributed by atoms with E-state index >= 15 is 0 Å². The summed E-state index contributed by atoms with van der Waals surface area (Å²) in [6, 6.07) is 9.03. The van der Waals surface area contributed by atoms with Crippen LogP contribution in [0.2, 0.25) is 0 Å². The van der Waals surface area contributed by atoms with Gasteiger partial charge in [0.05, 0.1) is 5.92 Å². The maximum Gasteiger partial charge on any atom is 0.307 e. The lowest BCUT2D eigenvalue weighted by Crippen LogP contribution is -2.51. The third kappa shape index (κ3) is 4.03. The molecule has 1 aromatic carbocycles. The molecule has 1 aliphatic rings. The van der Waals surface area contributed by atoms with Crippen molar-refractivity contribution in [1.29, 1.82) is 0 Å². The third-order valence-electron chi connectivity index (χ3n) is 3.78. The second-order valence-corrected chi connectivity index (χ2v) is 7.05. The predicted octanol–water partition coefficient (Wildman–Crippen LogP) is 1.21. The van der Waals surface area contributed by atoms with Crippen LogP contribution in [0.25, 0.3) is 0 Å². The van der Waals surface area contributed by atoms with Crippen molar-refractivity contribution in [3.63, 3.8) is 0 Å². The highest BCUT2D eigenvalue weighted by molar-refractivity contribution is 7.87. The molecule has 21 heavy (non-hydrogen) atoms. The second-order valence-electron chi connectivity index (χ2n) is 5.34. The second kappa shape index (κ2) is 6.55. The topological polar surface area (TPSA) is 86.7 Å². The molecule has 6 nitrogen and oxygen atoms in total. The smallest absolute Gasteiger partial charge is 0.307 e. The lowest BCUT2D eigenvalue weighted by molar-refractivity contribution is -0.143. The van der Waals surface area contributed by atoms with E-state index in [0.29, 0.717) is 12.8 Å². The molecule has 1 saturated heterocycles. The van der Waals surface area contributed by atoms with E-state index in [2.05, 4.69) is 4.72 Å². The fourth-order valence-corrected chi connectivity index (χ4v) is 3.94. The van der Waals surface area contributed by atoms with Crippen LogP contribution in [0.1, 0.15) is 25.3 Å². The van der Waals surface area contributed by atoms with Crippen molar-refractivity contribution in [2.24, 2.45) is 5.92 Å². The number of benzene rings is 1. The number of aliphatic carboxylic acids is 1. The first-order chi connectivity index (χ1) is 9.90. The van der Waals surface area contributed by atoms with Crippen molar-refractivity contribution in [2.75, 3.05) is 6.54 Å². The van der Waals surface area contributed by atoms with Crippen LogP contribution in [-0.4, -0.2) is 36.4 Å². The molecule has 0 amide bonds. The van der Waals surface area contributed by atoms with E-state index in [1.165, 1.54) is 4.31 Å². The van der Waals surface area contributed by atoms with E-state index in [9.17, 15) is 13.2 Å². The van der Waals surface area contributed by atoms with Crippen LogP contribution >= 0.6 is 0 Å². The zero-order valence-electron chi connectivity index (χ0n) is 11.9. The molecule has 2 rings (SSSR count). The summed E-state index contributed by atoms with van der Waals surface area (Å²) in [4.78, 5) is 11.1. The van der Waals surface area contributed by atoms with E-state index in [4.69, 9.17) is 5.11 Å². The Morgan fingerprint density at radius 1 is 1.33 bits per heavy atom. The van der Waals surface area contributed by atoms with Gasteiger partial charge in [0.2, 0.25) is 0 Å². The van der Waals surface area contributed by atoms with Crippen molar-refractivity contribution < 1.29 is 18.3 Å². The normalized spacial score (nSPS) is 23.9. The van der Waals surface area contributed by atoms with Gasteiger partial charge >= 0.3 is 5.97 Å². The summed E-state index contributed by atoms with van der Waals surface area (Å²) in [6.45, 7) is 2.03. The number of piperidine rings is 1. The number of carboxylic acid groups (broad SMARTS) is 1. The summed E-state index contributed by atoms with van der Waals surface area (Å²) < 4.78 is 28.5. The summed E-state index contributed by atoms with van der Waals surface area (Å²) in [5.74, 6) is -1.57. The predicted molar refractivity (Wildman–Crippen MR) is 78.7 cm³/mol. The molecule has 2 atom stereocenters. The van der Waals surface area contributed by atoms with Gasteiger partial charge in [-0.3, -0.25) is 4.79 Å². The zero-order chi connectivity index (χ0) is 15.5. The summed E-state index contributed by atoms with van der Waals surface area (Å²) in [5, 5.41) is 9.07. The first kappa shape index (κ1) is 15.9. The van der Waals surface area contributed by atoms with Crippen LogP contribution in [0.4, 0.5) is 0 Å². The Hall–Kier alpha value is -1.44. The molecule has 1 heterocycles. The Bertz CT molecular complexity index is 588. The molecule has 2 N–H and O–H groups in total. The van der Waals surface area contributed by atoms with Gasteiger partial charge < -0.3 is 5.11 Å². The molecular formula is C14H20N2O4S. The Kier molecular flexibility index (Phi) is 4.97. The number of hydrogen-bond donors (Lipinski definition) is 2. The maximum atomic E-state index is 12.4.